The third-order valence-electron chi connectivity index (χ3n) is 3.64. The normalized spacial score (nSPS) is 20.9. The van der Waals surface area contributed by atoms with Gasteiger partial charge in [-0.3, -0.25) is 0 Å². The van der Waals surface area contributed by atoms with E-state index in [4.69, 9.17) is 5.11 Å². The van der Waals surface area contributed by atoms with E-state index in [-0.39, 0.29) is 17.5 Å². The quantitative estimate of drug-likeness (QED) is 0.687. The number of carbonyl (C=O) groups is 2. The van der Waals surface area contributed by atoms with Crippen LogP contribution in [-0.2, 0) is 4.79 Å². The van der Waals surface area contributed by atoms with Crippen LogP contribution in [0.4, 0.5) is 4.79 Å². The Bertz CT molecular complexity index is 300. The highest BCUT2D eigenvalue weighted by Gasteiger charge is 2.34. The van der Waals surface area contributed by atoms with E-state index in [1.807, 2.05) is 20.8 Å². The minimum Gasteiger partial charge on any atom is -0.480 e. The first-order valence-electron chi connectivity index (χ1n) is 6.19. The van der Waals surface area contributed by atoms with Gasteiger partial charge < -0.3 is 15.7 Å². The lowest BCUT2D eigenvalue weighted by Gasteiger charge is -2.39. The smallest absolute Gasteiger partial charge is 0.326 e. The summed E-state index contributed by atoms with van der Waals surface area (Å²) < 4.78 is 0. The van der Waals surface area contributed by atoms with Crippen LogP contribution >= 0.6 is 0 Å². The number of hydrogen-bond acceptors (Lipinski definition) is 2. The van der Waals surface area contributed by atoms with Gasteiger partial charge in [0.15, 0.2) is 0 Å². The minimum absolute atomic E-state index is 0.0764. The van der Waals surface area contributed by atoms with Crippen molar-refractivity contribution in [2.75, 3.05) is 0 Å². The van der Waals surface area contributed by atoms with E-state index in [1.165, 1.54) is 0 Å². The number of nitrogens with one attached hydrogen (secondary N) is 2. The molecule has 17 heavy (non-hydrogen) atoms. The van der Waals surface area contributed by atoms with Crippen LogP contribution in [0, 0.1) is 5.92 Å². The van der Waals surface area contributed by atoms with Crippen LogP contribution in [0.2, 0.25) is 0 Å². The summed E-state index contributed by atoms with van der Waals surface area (Å²) >= 11 is 0. The number of carboxylic acids is 1. The molecule has 3 N–H and O–H groups in total. The van der Waals surface area contributed by atoms with Gasteiger partial charge in [-0.15, -0.1) is 0 Å². The number of amides is 2. The first-order chi connectivity index (χ1) is 7.88. The molecule has 0 aromatic rings. The molecule has 1 aliphatic rings. The Morgan fingerprint density at radius 2 is 2.00 bits per heavy atom. The topological polar surface area (TPSA) is 78.4 Å². The molecule has 0 radical (unpaired) electrons. The van der Waals surface area contributed by atoms with Gasteiger partial charge in [-0.2, -0.15) is 0 Å². The Kier molecular flexibility index (Phi) is 4.37. The van der Waals surface area contributed by atoms with Crippen molar-refractivity contribution in [1.82, 2.24) is 10.6 Å². The maximum atomic E-state index is 11.7. The highest BCUT2D eigenvalue weighted by Crippen LogP contribution is 2.30. The minimum atomic E-state index is -0.978. The molecule has 1 rings (SSSR count). The number of aliphatic carboxylic acids is 1. The SMILES string of the molecule is CC[C@H](C)[C@H](NC(=O)NC1(C)CCC1)C(=O)O. The molecule has 1 saturated carbocycles. The van der Waals surface area contributed by atoms with E-state index >= 15 is 0 Å². The molecule has 2 amide bonds. The first-order valence-corrected chi connectivity index (χ1v) is 6.19. The monoisotopic (exact) mass is 242 g/mol. The van der Waals surface area contributed by atoms with Crippen LogP contribution in [0.25, 0.3) is 0 Å². The van der Waals surface area contributed by atoms with E-state index in [2.05, 4.69) is 10.6 Å². The predicted octanol–water partition coefficient (Wildman–Crippen LogP) is 1.73. The summed E-state index contributed by atoms with van der Waals surface area (Å²) in [5.41, 5.74) is -0.150. The fourth-order valence-corrected chi connectivity index (χ4v) is 1.97. The number of carboxylic acid groups (broad SMARTS) is 1. The number of rotatable bonds is 5. The molecule has 0 saturated heterocycles. The molecule has 0 spiro atoms. The molecule has 1 aliphatic carbocycles. The van der Waals surface area contributed by atoms with Crippen molar-refractivity contribution in [3.05, 3.63) is 0 Å². The van der Waals surface area contributed by atoms with Gasteiger partial charge in [0.25, 0.3) is 0 Å². The van der Waals surface area contributed by atoms with Crippen LogP contribution in [0.1, 0.15) is 46.5 Å². The lowest BCUT2D eigenvalue weighted by molar-refractivity contribution is -0.140. The second-order valence-corrected chi connectivity index (χ2v) is 5.21. The van der Waals surface area contributed by atoms with Gasteiger partial charge in [-0.1, -0.05) is 20.3 Å². The van der Waals surface area contributed by atoms with Crippen molar-refractivity contribution in [3.8, 4) is 0 Å². The molecule has 0 aromatic heterocycles. The second kappa shape index (κ2) is 5.38. The van der Waals surface area contributed by atoms with Crippen molar-refractivity contribution in [1.29, 1.82) is 0 Å². The molecular formula is C12H22N2O3. The number of carbonyl (C=O) groups excluding carboxylic acids is 1. The third kappa shape index (κ3) is 3.61. The molecule has 0 aliphatic heterocycles. The molecular weight excluding hydrogens is 220 g/mol. The molecule has 0 aromatic carbocycles. The van der Waals surface area contributed by atoms with Crippen molar-refractivity contribution < 1.29 is 14.7 Å². The standard InChI is InChI=1S/C12H22N2O3/c1-4-8(2)9(10(15)16)13-11(17)14-12(3)6-5-7-12/h8-9H,4-7H2,1-3H3,(H,15,16)(H2,13,14,17)/t8-,9-/m0/s1. The zero-order chi connectivity index (χ0) is 13.1. The average Bonchev–Trinajstić information content (AvgIpc) is 2.22. The largest absolute Gasteiger partial charge is 0.480 e. The van der Waals surface area contributed by atoms with Gasteiger partial charge in [-0.05, 0) is 32.1 Å². The van der Waals surface area contributed by atoms with Gasteiger partial charge in [0.2, 0.25) is 0 Å². The lowest BCUT2D eigenvalue weighted by Crippen LogP contribution is -2.57. The molecule has 5 heteroatoms. The molecule has 5 nitrogen and oxygen atoms in total. The summed E-state index contributed by atoms with van der Waals surface area (Å²) in [5.74, 6) is -1.05. The predicted molar refractivity (Wildman–Crippen MR) is 64.8 cm³/mol. The van der Waals surface area contributed by atoms with E-state index in [9.17, 15) is 9.59 Å². The molecule has 0 heterocycles. The van der Waals surface area contributed by atoms with E-state index in [0.29, 0.717) is 6.42 Å². The van der Waals surface area contributed by atoms with Crippen molar-refractivity contribution in [2.24, 2.45) is 5.92 Å². The maximum absolute atomic E-state index is 11.7. The fraction of sp³-hybridized carbons (Fsp3) is 0.833. The third-order valence-corrected chi connectivity index (χ3v) is 3.64. The maximum Gasteiger partial charge on any atom is 0.326 e. The van der Waals surface area contributed by atoms with E-state index in [1.54, 1.807) is 0 Å². The molecule has 1 fully saturated rings. The van der Waals surface area contributed by atoms with Crippen LogP contribution in [-0.4, -0.2) is 28.7 Å². The van der Waals surface area contributed by atoms with Crippen molar-refractivity contribution >= 4 is 12.0 Å². The van der Waals surface area contributed by atoms with Gasteiger partial charge in [0.05, 0.1) is 0 Å². The van der Waals surface area contributed by atoms with Crippen molar-refractivity contribution in [2.45, 2.75) is 58.0 Å². The lowest BCUT2D eigenvalue weighted by atomic mass is 9.79. The van der Waals surface area contributed by atoms with Crippen LogP contribution in [0.15, 0.2) is 0 Å². The zero-order valence-electron chi connectivity index (χ0n) is 10.7. The summed E-state index contributed by atoms with van der Waals surface area (Å²) in [5, 5.41) is 14.4. The fourth-order valence-electron chi connectivity index (χ4n) is 1.97. The molecule has 0 bridgehead atoms. The summed E-state index contributed by atoms with van der Waals surface area (Å²) in [6, 6.07) is -1.19. The van der Waals surface area contributed by atoms with Crippen LogP contribution in [0.5, 0.6) is 0 Å². The van der Waals surface area contributed by atoms with Gasteiger partial charge >= 0.3 is 12.0 Å². The molecule has 2 atom stereocenters. The highest BCUT2D eigenvalue weighted by atomic mass is 16.4. The Morgan fingerprint density at radius 3 is 2.35 bits per heavy atom. The average molecular weight is 242 g/mol. The Hall–Kier alpha value is -1.26. The van der Waals surface area contributed by atoms with Crippen molar-refractivity contribution in [3.63, 3.8) is 0 Å². The summed E-state index contributed by atoms with van der Waals surface area (Å²) in [6.07, 6.45) is 3.75. The van der Waals surface area contributed by atoms with Gasteiger partial charge in [0, 0.05) is 5.54 Å². The number of hydrogen-bond donors (Lipinski definition) is 3. The summed E-state index contributed by atoms with van der Waals surface area (Å²) in [6.45, 7) is 5.71. The molecule has 98 valence electrons. The zero-order valence-corrected chi connectivity index (χ0v) is 10.7. The van der Waals surface area contributed by atoms with Gasteiger partial charge in [-0.25, -0.2) is 9.59 Å². The van der Waals surface area contributed by atoms with Gasteiger partial charge in [0.1, 0.15) is 6.04 Å². The first kappa shape index (κ1) is 13.8. The summed E-state index contributed by atoms with van der Waals surface area (Å²) in [7, 11) is 0. The second-order valence-electron chi connectivity index (χ2n) is 5.21. The van der Waals surface area contributed by atoms with E-state index in [0.717, 1.165) is 19.3 Å². The van der Waals surface area contributed by atoms with Crippen LogP contribution in [0.3, 0.4) is 0 Å². The highest BCUT2D eigenvalue weighted by molar-refractivity contribution is 5.83. The Morgan fingerprint density at radius 1 is 1.41 bits per heavy atom. The molecule has 0 unspecified atom stereocenters. The Balaban J connectivity index is 2.49. The van der Waals surface area contributed by atoms with E-state index < -0.39 is 12.0 Å². The van der Waals surface area contributed by atoms with Crippen LogP contribution < -0.4 is 10.6 Å². The number of urea groups is 1. The Labute approximate surface area is 102 Å². The summed E-state index contributed by atoms with van der Waals surface area (Å²) in [4.78, 5) is 22.7.